The second-order valence-electron chi connectivity index (χ2n) is 8.37. The van der Waals surface area contributed by atoms with Gasteiger partial charge in [0.1, 0.15) is 11.6 Å². The predicted octanol–water partition coefficient (Wildman–Crippen LogP) is 2.67. The molecule has 7 nitrogen and oxygen atoms in total. The quantitative estimate of drug-likeness (QED) is 0.824. The van der Waals surface area contributed by atoms with Crippen LogP contribution in [0.4, 0.5) is 11.5 Å². The molecule has 2 fully saturated rings. The first-order valence-corrected chi connectivity index (χ1v) is 10.7. The van der Waals surface area contributed by atoms with Crippen molar-refractivity contribution < 1.29 is 9.59 Å². The average Bonchev–Trinajstić information content (AvgIpc) is 3.38. The smallest absolute Gasteiger partial charge is 0.227 e. The van der Waals surface area contributed by atoms with Crippen LogP contribution in [-0.2, 0) is 16.1 Å². The van der Waals surface area contributed by atoms with E-state index in [4.69, 9.17) is 0 Å². The summed E-state index contributed by atoms with van der Waals surface area (Å²) in [7, 11) is 0. The normalized spacial score (nSPS) is 18.9. The van der Waals surface area contributed by atoms with Crippen molar-refractivity contribution in [2.24, 2.45) is 5.92 Å². The maximum atomic E-state index is 12.7. The van der Waals surface area contributed by atoms with Crippen LogP contribution in [0.2, 0.25) is 0 Å². The summed E-state index contributed by atoms with van der Waals surface area (Å²) in [5, 5.41) is 2.94. The number of amides is 2. The number of aryl methyl sites for hydroxylation is 3. The number of hydrogen-bond donors (Lipinski definition) is 1. The van der Waals surface area contributed by atoms with Crippen molar-refractivity contribution in [1.29, 1.82) is 0 Å². The number of benzene rings is 1. The molecule has 1 unspecified atom stereocenters. The Morgan fingerprint density at radius 1 is 1.10 bits per heavy atom. The molecule has 1 N–H and O–H groups in total. The van der Waals surface area contributed by atoms with Gasteiger partial charge in [0.05, 0.1) is 12.5 Å². The minimum absolute atomic E-state index is 0.0125. The summed E-state index contributed by atoms with van der Waals surface area (Å²) in [6.07, 6.45) is 2.59. The fourth-order valence-corrected chi connectivity index (χ4v) is 4.14. The van der Waals surface area contributed by atoms with Crippen LogP contribution in [0.15, 0.2) is 24.3 Å². The Bertz CT molecular complexity index is 968. The van der Waals surface area contributed by atoms with Gasteiger partial charge < -0.3 is 15.1 Å². The molecule has 2 amide bonds. The topological polar surface area (TPSA) is 78.4 Å². The van der Waals surface area contributed by atoms with Crippen molar-refractivity contribution in [3.8, 4) is 0 Å². The molecular weight excluding hydrogens is 378 g/mol. The Labute approximate surface area is 177 Å². The molecule has 2 aliphatic heterocycles. The fraction of sp³-hybridized carbons (Fsp3) is 0.478. The molecule has 0 aliphatic carbocycles. The first kappa shape index (κ1) is 20.3. The summed E-state index contributed by atoms with van der Waals surface area (Å²) < 4.78 is 0. The van der Waals surface area contributed by atoms with E-state index in [1.807, 2.05) is 45.0 Å². The molecule has 1 atom stereocenters. The molecule has 0 spiro atoms. The molecule has 0 saturated carbocycles. The van der Waals surface area contributed by atoms with Gasteiger partial charge >= 0.3 is 0 Å². The van der Waals surface area contributed by atoms with Gasteiger partial charge in [-0.25, -0.2) is 9.97 Å². The Hall–Kier alpha value is -2.96. The van der Waals surface area contributed by atoms with Crippen molar-refractivity contribution in [3.63, 3.8) is 0 Å². The lowest BCUT2D eigenvalue weighted by atomic mass is 10.1. The third-order valence-corrected chi connectivity index (χ3v) is 6.04. The van der Waals surface area contributed by atoms with E-state index in [1.54, 1.807) is 4.90 Å². The van der Waals surface area contributed by atoms with Gasteiger partial charge in [0, 0.05) is 43.5 Å². The van der Waals surface area contributed by atoms with Crippen molar-refractivity contribution in [3.05, 3.63) is 46.9 Å². The van der Waals surface area contributed by atoms with Gasteiger partial charge in [-0.2, -0.15) is 0 Å². The molecule has 2 aliphatic rings. The van der Waals surface area contributed by atoms with Gasteiger partial charge in [-0.3, -0.25) is 9.59 Å². The molecule has 1 aromatic heterocycles. The van der Waals surface area contributed by atoms with Crippen molar-refractivity contribution in [2.45, 2.75) is 46.6 Å². The second kappa shape index (κ2) is 8.42. The minimum atomic E-state index is -0.359. The van der Waals surface area contributed by atoms with Crippen LogP contribution in [0, 0.1) is 26.7 Å². The lowest BCUT2D eigenvalue weighted by molar-refractivity contribution is -0.126. The van der Waals surface area contributed by atoms with Crippen molar-refractivity contribution >= 4 is 23.3 Å². The van der Waals surface area contributed by atoms with Crippen molar-refractivity contribution in [1.82, 2.24) is 15.3 Å². The number of aromatic nitrogens is 2. The number of carbonyl (C=O) groups is 2. The van der Waals surface area contributed by atoms with Crippen LogP contribution >= 0.6 is 0 Å². The Kier molecular flexibility index (Phi) is 5.70. The first-order valence-electron chi connectivity index (χ1n) is 10.7. The van der Waals surface area contributed by atoms with Crippen molar-refractivity contribution in [2.75, 3.05) is 29.4 Å². The second-order valence-corrected chi connectivity index (χ2v) is 8.37. The third-order valence-electron chi connectivity index (χ3n) is 6.04. The molecule has 1 aromatic carbocycles. The monoisotopic (exact) mass is 407 g/mol. The fourth-order valence-electron chi connectivity index (χ4n) is 4.14. The van der Waals surface area contributed by atoms with E-state index in [2.05, 4.69) is 20.2 Å². The summed E-state index contributed by atoms with van der Waals surface area (Å²) in [4.78, 5) is 38.3. The molecule has 4 rings (SSSR count). The summed E-state index contributed by atoms with van der Waals surface area (Å²) in [5.41, 5.74) is 4.08. The third kappa shape index (κ3) is 4.30. The van der Waals surface area contributed by atoms with Crippen LogP contribution in [0.25, 0.3) is 0 Å². The lowest BCUT2D eigenvalue weighted by Gasteiger charge is -2.18. The number of carbonyl (C=O) groups excluding carboxylic acids is 2. The average molecular weight is 408 g/mol. The summed E-state index contributed by atoms with van der Waals surface area (Å²) >= 11 is 0. The van der Waals surface area contributed by atoms with Gasteiger partial charge in [-0.15, -0.1) is 0 Å². The highest BCUT2D eigenvalue weighted by Crippen LogP contribution is 2.27. The molecule has 0 radical (unpaired) electrons. The number of nitrogens with one attached hydrogen (secondary N) is 1. The van der Waals surface area contributed by atoms with Crippen LogP contribution in [0.1, 0.15) is 41.9 Å². The van der Waals surface area contributed by atoms with Crippen LogP contribution < -0.4 is 15.1 Å². The largest absolute Gasteiger partial charge is 0.357 e. The highest BCUT2D eigenvalue weighted by molar-refractivity contribution is 6.00. The molecule has 2 saturated heterocycles. The van der Waals surface area contributed by atoms with E-state index in [-0.39, 0.29) is 30.7 Å². The minimum Gasteiger partial charge on any atom is -0.357 e. The zero-order valence-electron chi connectivity index (χ0n) is 17.9. The van der Waals surface area contributed by atoms with Crippen LogP contribution in [-0.4, -0.2) is 41.4 Å². The van der Waals surface area contributed by atoms with E-state index in [0.717, 1.165) is 35.9 Å². The molecular formula is C23H29N5O2. The summed E-state index contributed by atoms with van der Waals surface area (Å²) in [6, 6.07) is 7.96. The zero-order valence-corrected chi connectivity index (χ0v) is 17.9. The highest BCUT2D eigenvalue weighted by Gasteiger charge is 2.35. The lowest BCUT2D eigenvalue weighted by Crippen LogP contribution is -2.33. The Balaban J connectivity index is 1.39. The van der Waals surface area contributed by atoms with E-state index in [9.17, 15) is 9.59 Å². The van der Waals surface area contributed by atoms with E-state index < -0.39 is 0 Å². The van der Waals surface area contributed by atoms with E-state index >= 15 is 0 Å². The number of hydrogen-bond acceptors (Lipinski definition) is 5. The van der Waals surface area contributed by atoms with E-state index in [1.165, 1.54) is 18.4 Å². The first-order chi connectivity index (χ1) is 14.4. The predicted molar refractivity (Wildman–Crippen MR) is 116 cm³/mol. The molecule has 3 heterocycles. The Morgan fingerprint density at radius 3 is 2.60 bits per heavy atom. The summed E-state index contributed by atoms with van der Waals surface area (Å²) in [6.45, 7) is 8.73. The Morgan fingerprint density at radius 2 is 1.87 bits per heavy atom. The molecule has 0 bridgehead atoms. The SMILES string of the molecule is Cc1cc(N2CCCC2)nc(CNC(=O)C2CC(=O)N(c3ccc(C)c(C)c3)C2)n1. The molecule has 2 aromatic rings. The zero-order chi connectivity index (χ0) is 21.3. The standard InChI is InChI=1S/C23H29N5O2/c1-15-6-7-19(10-16(15)2)28-14-18(12-22(28)29)23(30)24-13-20-25-17(3)11-21(26-20)27-8-4-5-9-27/h6-7,10-11,18H,4-5,8-9,12-14H2,1-3H3,(H,24,30). The summed E-state index contributed by atoms with van der Waals surface area (Å²) in [5.74, 6) is 1.05. The number of rotatable bonds is 5. The van der Waals surface area contributed by atoms with Gasteiger partial charge in [-0.05, 0) is 56.9 Å². The van der Waals surface area contributed by atoms with Gasteiger partial charge in [0.15, 0.2) is 0 Å². The molecule has 158 valence electrons. The maximum absolute atomic E-state index is 12.7. The maximum Gasteiger partial charge on any atom is 0.227 e. The molecule has 7 heteroatoms. The van der Waals surface area contributed by atoms with Crippen LogP contribution in [0.3, 0.4) is 0 Å². The van der Waals surface area contributed by atoms with Gasteiger partial charge in [0.25, 0.3) is 0 Å². The number of anilines is 2. The van der Waals surface area contributed by atoms with E-state index in [0.29, 0.717) is 12.4 Å². The van der Waals surface area contributed by atoms with Gasteiger partial charge in [0.2, 0.25) is 11.8 Å². The highest BCUT2D eigenvalue weighted by atomic mass is 16.2. The molecule has 30 heavy (non-hydrogen) atoms. The van der Waals surface area contributed by atoms with Gasteiger partial charge in [-0.1, -0.05) is 6.07 Å². The number of nitrogens with zero attached hydrogens (tertiary/aromatic N) is 4. The van der Waals surface area contributed by atoms with Crippen LogP contribution in [0.5, 0.6) is 0 Å².